The summed E-state index contributed by atoms with van der Waals surface area (Å²) in [5.74, 6) is 0.336. The molecule has 1 aromatic heterocycles. The van der Waals surface area contributed by atoms with Crippen LogP contribution in [-0.4, -0.2) is 20.4 Å². The third kappa shape index (κ3) is 3.28. The Bertz CT molecular complexity index is 829. The van der Waals surface area contributed by atoms with Gasteiger partial charge >= 0.3 is 0 Å². The minimum absolute atomic E-state index is 0.0366. The van der Waals surface area contributed by atoms with E-state index in [1.165, 1.54) is 11.1 Å². The van der Waals surface area contributed by atoms with Crippen molar-refractivity contribution in [2.45, 2.75) is 18.7 Å². The number of hydrogen-bond acceptors (Lipinski definition) is 5. The first-order valence-corrected chi connectivity index (χ1v) is 8.56. The second-order valence-corrected chi connectivity index (χ2v) is 6.59. The molecule has 3 aromatic rings. The van der Waals surface area contributed by atoms with Crippen molar-refractivity contribution in [2.75, 3.05) is 11.1 Å². The summed E-state index contributed by atoms with van der Waals surface area (Å²) in [4.78, 5) is 13.3. The predicted molar refractivity (Wildman–Crippen MR) is 92.7 cm³/mol. The molecule has 3 rings (SSSR count). The lowest BCUT2D eigenvalue weighted by atomic mass is 10.2. The van der Waals surface area contributed by atoms with Crippen LogP contribution in [0.15, 0.2) is 41.3 Å². The first-order valence-electron chi connectivity index (χ1n) is 6.84. The summed E-state index contributed by atoms with van der Waals surface area (Å²) < 4.78 is 8.40. The van der Waals surface area contributed by atoms with Gasteiger partial charge in [0.25, 0.3) is 0 Å². The Morgan fingerprint density at radius 1 is 1.23 bits per heavy atom. The lowest BCUT2D eigenvalue weighted by Gasteiger charge is -2.08. The highest BCUT2D eigenvalue weighted by Crippen LogP contribution is 2.25. The van der Waals surface area contributed by atoms with Gasteiger partial charge in [-0.2, -0.15) is 8.75 Å². The fourth-order valence-electron chi connectivity index (χ4n) is 2.20. The number of aromatic nitrogens is 2. The van der Waals surface area contributed by atoms with E-state index in [0.717, 1.165) is 33.3 Å². The van der Waals surface area contributed by atoms with E-state index in [9.17, 15) is 4.79 Å². The molecule has 0 saturated heterocycles. The van der Waals surface area contributed by atoms with Crippen LogP contribution in [0.25, 0.3) is 11.0 Å². The maximum Gasteiger partial charge on any atom is 0.234 e. The summed E-state index contributed by atoms with van der Waals surface area (Å²) in [6, 6.07) is 11.9. The number of carbonyl (C=O) groups is 1. The lowest BCUT2D eigenvalue weighted by Crippen LogP contribution is -2.14. The molecular weight excluding hydrogens is 314 g/mol. The van der Waals surface area contributed by atoms with E-state index in [1.807, 2.05) is 18.2 Å². The smallest absolute Gasteiger partial charge is 0.234 e. The molecule has 2 aromatic carbocycles. The Labute approximate surface area is 137 Å². The summed E-state index contributed by atoms with van der Waals surface area (Å²) in [5, 5.41) is 2.92. The van der Waals surface area contributed by atoms with E-state index < -0.39 is 0 Å². The lowest BCUT2D eigenvalue weighted by molar-refractivity contribution is -0.113. The molecule has 22 heavy (non-hydrogen) atoms. The molecule has 0 spiro atoms. The molecule has 0 unspecified atom stereocenters. The third-order valence-corrected chi connectivity index (χ3v) is 4.97. The Balaban J connectivity index is 1.66. The van der Waals surface area contributed by atoms with E-state index in [0.29, 0.717) is 5.75 Å². The van der Waals surface area contributed by atoms with Crippen molar-refractivity contribution in [2.24, 2.45) is 0 Å². The molecule has 1 N–H and O–H groups in total. The van der Waals surface area contributed by atoms with Crippen LogP contribution in [-0.2, 0) is 4.79 Å². The molecule has 0 aliphatic heterocycles. The zero-order valence-corrected chi connectivity index (χ0v) is 13.9. The summed E-state index contributed by atoms with van der Waals surface area (Å²) in [5.41, 5.74) is 4.71. The summed E-state index contributed by atoms with van der Waals surface area (Å²) in [6.07, 6.45) is 0. The monoisotopic (exact) mass is 329 g/mol. The van der Waals surface area contributed by atoms with Crippen LogP contribution in [0.5, 0.6) is 0 Å². The number of nitrogens with zero attached hydrogens (tertiary/aromatic N) is 2. The summed E-state index contributed by atoms with van der Waals surface area (Å²) >= 11 is 2.70. The van der Waals surface area contributed by atoms with E-state index in [4.69, 9.17) is 0 Å². The molecule has 0 aliphatic carbocycles. The zero-order chi connectivity index (χ0) is 15.5. The molecule has 0 atom stereocenters. The highest BCUT2D eigenvalue weighted by Gasteiger charge is 2.09. The second kappa shape index (κ2) is 6.46. The number of benzene rings is 2. The summed E-state index contributed by atoms with van der Waals surface area (Å²) in [7, 11) is 0. The standard InChI is InChI=1S/C16H15N3OS2/c1-10-6-7-14(11(2)8-10)21-9-15(20)17-12-4-3-5-13-16(12)19-22-18-13/h3-8H,9H2,1-2H3,(H,17,20). The molecule has 0 bridgehead atoms. The van der Waals surface area contributed by atoms with Crippen molar-refractivity contribution < 1.29 is 4.79 Å². The quantitative estimate of drug-likeness (QED) is 0.734. The first-order chi connectivity index (χ1) is 10.6. The van der Waals surface area contributed by atoms with Gasteiger partial charge in [-0.3, -0.25) is 4.79 Å². The SMILES string of the molecule is Cc1ccc(SCC(=O)Nc2cccc3nsnc23)c(C)c1. The predicted octanol–water partition coefficient (Wildman–Crippen LogP) is 4.04. The van der Waals surface area contributed by atoms with Gasteiger partial charge in [0.05, 0.1) is 23.2 Å². The second-order valence-electron chi connectivity index (χ2n) is 5.04. The Kier molecular flexibility index (Phi) is 4.40. The van der Waals surface area contributed by atoms with Gasteiger partial charge < -0.3 is 5.32 Å². The Morgan fingerprint density at radius 2 is 2.09 bits per heavy atom. The summed E-state index contributed by atoms with van der Waals surface area (Å²) in [6.45, 7) is 4.13. The van der Waals surface area contributed by atoms with Gasteiger partial charge in [-0.05, 0) is 37.6 Å². The van der Waals surface area contributed by atoms with Gasteiger partial charge in [-0.15, -0.1) is 11.8 Å². The molecule has 112 valence electrons. The minimum Gasteiger partial charge on any atom is -0.323 e. The molecule has 0 radical (unpaired) electrons. The average Bonchev–Trinajstić information content (AvgIpc) is 2.96. The van der Waals surface area contributed by atoms with Gasteiger partial charge in [0.2, 0.25) is 5.91 Å². The van der Waals surface area contributed by atoms with Crippen LogP contribution in [0.1, 0.15) is 11.1 Å². The number of nitrogens with one attached hydrogen (secondary N) is 1. The highest BCUT2D eigenvalue weighted by molar-refractivity contribution is 8.00. The molecule has 0 saturated carbocycles. The number of rotatable bonds is 4. The maximum atomic E-state index is 12.2. The topological polar surface area (TPSA) is 54.9 Å². The van der Waals surface area contributed by atoms with Gasteiger partial charge in [-0.1, -0.05) is 23.8 Å². The Morgan fingerprint density at radius 3 is 2.91 bits per heavy atom. The van der Waals surface area contributed by atoms with Gasteiger partial charge in [0, 0.05) is 4.90 Å². The molecule has 1 heterocycles. The number of thioether (sulfide) groups is 1. The molecular formula is C16H15N3OS2. The van der Waals surface area contributed by atoms with Crippen molar-refractivity contribution in [3.05, 3.63) is 47.5 Å². The van der Waals surface area contributed by atoms with Crippen LogP contribution in [0.4, 0.5) is 5.69 Å². The largest absolute Gasteiger partial charge is 0.323 e. The van der Waals surface area contributed by atoms with Gasteiger partial charge in [0.15, 0.2) is 0 Å². The van der Waals surface area contributed by atoms with Crippen molar-refractivity contribution in [1.29, 1.82) is 0 Å². The fourth-order valence-corrected chi connectivity index (χ4v) is 3.56. The minimum atomic E-state index is -0.0366. The molecule has 0 aliphatic rings. The van der Waals surface area contributed by atoms with Gasteiger partial charge in [0.1, 0.15) is 11.0 Å². The molecule has 4 nitrogen and oxygen atoms in total. The van der Waals surface area contributed by atoms with Crippen LogP contribution in [0.2, 0.25) is 0 Å². The third-order valence-electron chi connectivity index (χ3n) is 3.25. The van der Waals surface area contributed by atoms with Crippen LogP contribution in [0.3, 0.4) is 0 Å². The average molecular weight is 329 g/mol. The van der Waals surface area contributed by atoms with E-state index in [1.54, 1.807) is 11.8 Å². The number of carbonyl (C=O) groups excluding carboxylic acids is 1. The number of anilines is 1. The van der Waals surface area contributed by atoms with E-state index in [-0.39, 0.29) is 5.91 Å². The number of fused-ring (bicyclic) bond motifs is 1. The van der Waals surface area contributed by atoms with Crippen molar-refractivity contribution >= 4 is 46.1 Å². The number of amides is 1. The van der Waals surface area contributed by atoms with E-state index in [2.05, 4.69) is 46.1 Å². The Hall–Kier alpha value is -1.92. The normalized spacial score (nSPS) is 10.8. The number of hydrogen-bond donors (Lipinski definition) is 1. The maximum absolute atomic E-state index is 12.2. The van der Waals surface area contributed by atoms with Crippen molar-refractivity contribution in [1.82, 2.24) is 8.75 Å². The van der Waals surface area contributed by atoms with Crippen molar-refractivity contribution in [3.8, 4) is 0 Å². The molecule has 1 amide bonds. The first kappa shape index (κ1) is 15.0. The van der Waals surface area contributed by atoms with Crippen molar-refractivity contribution in [3.63, 3.8) is 0 Å². The zero-order valence-electron chi connectivity index (χ0n) is 12.3. The highest BCUT2D eigenvalue weighted by atomic mass is 32.2. The van der Waals surface area contributed by atoms with Crippen LogP contribution >= 0.6 is 23.5 Å². The van der Waals surface area contributed by atoms with Crippen LogP contribution in [0, 0.1) is 13.8 Å². The molecule has 6 heteroatoms. The number of aryl methyl sites for hydroxylation is 2. The fraction of sp³-hybridized carbons (Fsp3) is 0.188. The van der Waals surface area contributed by atoms with Gasteiger partial charge in [-0.25, -0.2) is 0 Å². The van der Waals surface area contributed by atoms with E-state index >= 15 is 0 Å². The molecule has 0 fully saturated rings. The van der Waals surface area contributed by atoms with Crippen LogP contribution < -0.4 is 5.32 Å².